The zero-order chi connectivity index (χ0) is 17.4. The normalized spacial score (nSPS) is 14.3. The van der Waals surface area contributed by atoms with Crippen LogP contribution in [0.4, 0.5) is 0 Å². The molecule has 0 aromatic heterocycles. The van der Waals surface area contributed by atoms with E-state index in [1.54, 1.807) is 29.2 Å². The molecule has 1 saturated heterocycles. The molecule has 0 spiro atoms. The molecule has 1 N–H and O–H groups in total. The molecular weight excluding hydrogens is 306 g/mol. The van der Waals surface area contributed by atoms with Crippen LogP contribution in [0.5, 0.6) is 5.75 Å². The summed E-state index contributed by atoms with van der Waals surface area (Å²) in [5, 5.41) is 3.23. The highest BCUT2D eigenvalue weighted by molar-refractivity contribution is 5.94. The summed E-state index contributed by atoms with van der Waals surface area (Å²) in [6.45, 7) is 8.67. The van der Waals surface area contributed by atoms with Crippen molar-refractivity contribution in [3.63, 3.8) is 0 Å². The highest BCUT2D eigenvalue weighted by Crippen LogP contribution is 2.14. The summed E-state index contributed by atoms with van der Waals surface area (Å²) < 4.78 is 5.39. The Kier molecular flexibility index (Phi) is 7.06. The number of nitrogens with zero attached hydrogens (tertiary/aromatic N) is 2. The first kappa shape index (κ1) is 18.3. The first-order valence-electron chi connectivity index (χ1n) is 8.66. The third-order valence-electron chi connectivity index (χ3n) is 4.15. The van der Waals surface area contributed by atoms with Gasteiger partial charge in [-0.3, -0.25) is 9.59 Å². The predicted molar refractivity (Wildman–Crippen MR) is 93.3 cm³/mol. The molecule has 1 aromatic carbocycles. The monoisotopic (exact) mass is 333 g/mol. The number of nitrogens with one attached hydrogen (secondary N) is 1. The summed E-state index contributed by atoms with van der Waals surface area (Å²) in [5.41, 5.74) is 0.620. The molecule has 0 atom stereocenters. The first-order chi connectivity index (χ1) is 11.7. The number of ether oxygens (including phenoxy) is 1. The first-order valence-corrected chi connectivity index (χ1v) is 8.66. The summed E-state index contributed by atoms with van der Waals surface area (Å²) in [6, 6.07) is 7.15. The van der Waals surface area contributed by atoms with Gasteiger partial charge in [0.1, 0.15) is 5.75 Å². The average Bonchev–Trinajstić information content (AvgIpc) is 2.63. The summed E-state index contributed by atoms with van der Waals surface area (Å²) in [4.78, 5) is 28.4. The van der Waals surface area contributed by atoms with Crippen LogP contribution in [0.25, 0.3) is 0 Å². The van der Waals surface area contributed by atoms with Crippen LogP contribution in [0.2, 0.25) is 0 Å². The summed E-state index contributed by atoms with van der Waals surface area (Å²) in [6.07, 6.45) is 0.372. The van der Waals surface area contributed by atoms with Gasteiger partial charge in [-0.25, -0.2) is 0 Å². The second kappa shape index (κ2) is 9.27. The number of carbonyl (C=O) groups is 2. The summed E-state index contributed by atoms with van der Waals surface area (Å²) in [5.74, 6) is 0.828. The Labute approximate surface area is 143 Å². The van der Waals surface area contributed by atoms with E-state index in [9.17, 15) is 9.59 Å². The van der Waals surface area contributed by atoms with Crippen LogP contribution in [0.1, 0.15) is 30.6 Å². The number of benzene rings is 1. The van der Waals surface area contributed by atoms with Gasteiger partial charge in [-0.2, -0.15) is 0 Å². The molecule has 0 aliphatic carbocycles. The minimum absolute atomic E-state index is 0.0475. The van der Waals surface area contributed by atoms with E-state index in [-0.39, 0.29) is 11.8 Å². The number of rotatable bonds is 7. The molecule has 0 saturated carbocycles. The highest BCUT2D eigenvalue weighted by Gasteiger charge is 2.19. The quantitative estimate of drug-likeness (QED) is 0.819. The fraction of sp³-hybridized carbons (Fsp3) is 0.556. The molecule has 6 heteroatoms. The Bertz CT molecular complexity index is 539. The van der Waals surface area contributed by atoms with Crippen LogP contribution in [0.3, 0.4) is 0 Å². The van der Waals surface area contributed by atoms with Gasteiger partial charge in [-0.1, -0.05) is 0 Å². The van der Waals surface area contributed by atoms with Crippen LogP contribution in [-0.4, -0.2) is 67.5 Å². The Morgan fingerprint density at radius 3 is 2.42 bits per heavy atom. The molecule has 1 aliphatic heterocycles. The molecule has 0 bridgehead atoms. The fourth-order valence-corrected chi connectivity index (χ4v) is 2.75. The van der Waals surface area contributed by atoms with Gasteiger partial charge in [0, 0.05) is 51.3 Å². The van der Waals surface area contributed by atoms with Crippen molar-refractivity contribution in [3.8, 4) is 5.75 Å². The van der Waals surface area contributed by atoms with Crippen LogP contribution in [-0.2, 0) is 4.79 Å². The van der Waals surface area contributed by atoms with Gasteiger partial charge >= 0.3 is 0 Å². The number of amides is 2. The van der Waals surface area contributed by atoms with E-state index < -0.39 is 0 Å². The Hall–Kier alpha value is -2.08. The van der Waals surface area contributed by atoms with Gasteiger partial charge in [-0.05, 0) is 38.1 Å². The van der Waals surface area contributed by atoms with Gasteiger partial charge in [-0.15, -0.1) is 0 Å². The SMILES string of the molecule is CCOc1ccc(C(=O)N(CC)CCC(=O)N2CCNCC2)cc1. The van der Waals surface area contributed by atoms with Gasteiger partial charge in [0.2, 0.25) is 5.91 Å². The van der Waals surface area contributed by atoms with Gasteiger partial charge in [0.25, 0.3) is 5.91 Å². The van der Waals surface area contributed by atoms with Crippen molar-refractivity contribution in [1.29, 1.82) is 0 Å². The topological polar surface area (TPSA) is 61.9 Å². The van der Waals surface area contributed by atoms with Crippen molar-refractivity contribution < 1.29 is 14.3 Å². The maximum Gasteiger partial charge on any atom is 0.253 e. The zero-order valence-corrected chi connectivity index (χ0v) is 14.6. The van der Waals surface area contributed by atoms with E-state index in [0.717, 1.165) is 31.9 Å². The zero-order valence-electron chi connectivity index (χ0n) is 14.6. The molecule has 1 aromatic rings. The maximum absolute atomic E-state index is 12.6. The van der Waals surface area contributed by atoms with E-state index >= 15 is 0 Å². The van der Waals surface area contributed by atoms with Gasteiger partial charge in [0.05, 0.1) is 6.61 Å². The minimum atomic E-state index is -0.0475. The van der Waals surface area contributed by atoms with Crippen LogP contribution in [0, 0.1) is 0 Å². The lowest BCUT2D eigenvalue weighted by molar-refractivity contribution is -0.131. The van der Waals surface area contributed by atoms with Crippen molar-refractivity contribution >= 4 is 11.8 Å². The number of carbonyl (C=O) groups excluding carboxylic acids is 2. The molecule has 0 radical (unpaired) electrons. The third-order valence-corrected chi connectivity index (χ3v) is 4.15. The molecule has 6 nitrogen and oxygen atoms in total. The average molecular weight is 333 g/mol. The molecule has 1 fully saturated rings. The Balaban J connectivity index is 1.89. The number of hydrogen-bond donors (Lipinski definition) is 1. The van der Waals surface area contributed by atoms with Crippen molar-refractivity contribution in [3.05, 3.63) is 29.8 Å². The molecule has 1 heterocycles. The Morgan fingerprint density at radius 2 is 1.83 bits per heavy atom. The van der Waals surface area contributed by atoms with E-state index in [4.69, 9.17) is 4.74 Å². The van der Waals surface area contributed by atoms with Crippen LogP contribution in [0.15, 0.2) is 24.3 Å². The van der Waals surface area contributed by atoms with Crippen molar-refractivity contribution in [2.45, 2.75) is 20.3 Å². The van der Waals surface area contributed by atoms with E-state index in [1.807, 2.05) is 18.7 Å². The molecule has 132 valence electrons. The van der Waals surface area contributed by atoms with E-state index in [1.165, 1.54) is 0 Å². The lowest BCUT2D eigenvalue weighted by Gasteiger charge is -2.28. The van der Waals surface area contributed by atoms with Crippen LogP contribution >= 0.6 is 0 Å². The lowest BCUT2D eigenvalue weighted by atomic mass is 10.2. The highest BCUT2D eigenvalue weighted by atomic mass is 16.5. The molecule has 2 rings (SSSR count). The maximum atomic E-state index is 12.6. The predicted octanol–water partition coefficient (Wildman–Crippen LogP) is 1.37. The van der Waals surface area contributed by atoms with Gasteiger partial charge < -0.3 is 19.9 Å². The second-order valence-electron chi connectivity index (χ2n) is 5.72. The summed E-state index contributed by atoms with van der Waals surface area (Å²) in [7, 11) is 0. The van der Waals surface area contributed by atoms with Crippen molar-refractivity contribution in [2.75, 3.05) is 45.9 Å². The third kappa shape index (κ3) is 4.96. The van der Waals surface area contributed by atoms with Gasteiger partial charge in [0.15, 0.2) is 0 Å². The minimum Gasteiger partial charge on any atom is -0.494 e. The Morgan fingerprint density at radius 1 is 1.17 bits per heavy atom. The molecule has 24 heavy (non-hydrogen) atoms. The number of hydrogen-bond acceptors (Lipinski definition) is 4. The molecule has 2 amide bonds. The molecular formula is C18H27N3O3. The molecule has 0 unspecified atom stereocenters. The van der Waals surface area contributed by atoms with Crippen LogP contribution < -0.4 is 10.1 Å². The molecule has 1 aliphatic rings. The summed E-state index contributed by atoms with van der Waals surface area (Å²) >= 11 is 0. The smallest absolute Gasteiger partial charge is 0.253 e. The van der Waals surface area contributed by atoms with E-state index in [0.29, 0.717) is 31.7 Å². The second-order valence-corrected chi connectivity index (χ2v) is 5.72. The van der Waals surface area contributed by atoms with Crippen molar-refractivity contribution in [2.24, 2.45) is 0 Å². The largest absolute Gasteiger partial charge is 0.494 e. The van der Waals surface area contributed by atoms with Crippen molar-refractivity contribution in [1.82, 2.24) is 15.1 Å². The standard InChI is InChI=1S/C18H27N3O3/c1-3-20(12-9-17(22)21-13-10-19-11-14-21)18(23)15-5-7-16(8-6-15)24-4-2/h5-8,19H,3-4,9-14H2,1-2H3. The fourth-order valence-electron chi connectivity index (χ4n) is 2.75. The lowest BCUT2D eigenvalue weighted by Crippen LogP contribution is -2.47. The number of piperazine rings is 1. The van der Waals surface area contributed by atoms with E-state index in [2.05, 4.69) is 5.32 Å².